The Balaban J connectivity index is 1.86. The van der Waals surface area contributed by atoms with Crippen molar-refractivity contribution in [2.75, 3.05) is 5.32 Å². The lowest BCUT2D eigenvalue weighted by molar-refractivity contribution is -0.116. The van der Waals surface area contributed by atoms with Crippen LogP contribution in [0.3, 0.4) is 0 Å². The number of carbonyl (C=O) groups is 1. The van der Waals surface area contributed by atoms with E-state index >= 15 is 0 Å². The first-order valence-electron chi connectivity index (χ1n) is 7.50. The zero-order valence-corrected chi connectivity index (χ0v) is 15.6. The third kappa shape index (κ3) is 3.24. The van der Waals surface area contributed by atoms with Crippen molar-refractivity contribution in [2.24, 2.45) is 0 Å². The first kappa shape index (κ1) is 17.1. The number of hydrogen-bond acceptors (Lipinski definition) is 3. The lowest BCUT2D eigenvalue weighted by atomic mass is 10.0. The maximum absolute atomic E-state index is 12.6. The molecule has 2 atom stereocenters. The van der Waals surface area contributed by atoms with Crippen LogP contribution in [0.25, 0.3) is 0 Å². The molecule has 24 heavy (non-hydrogen) atoms. The predicted molar refractivity (Wildman–Crippen MR) is 96.4 cm³/mol. The van der Waals surface area contributed by atoms with Gasteiger partial charge in [0.1, 0.15) is 0 Å². The van der Waals surface area contributed by atoms with Gasteiger partial charge in [-0.05, 0) is 55.3 Å². The normalized spacial score (nSPS) is 18.1. The molecule has 0 radical (unpaired) electrons. The molecular weight excluding hydrogens is 392 g/mol. The van der Waals surface area contributed by atoms with Crippen LogP contribution in [0.1, 0.15) is 36.9 Å². The zero-order chi connectivity index (χ0) is 17.5. The SMILES string of the molecule is C[C@H](NS(=O)(=O)c1ccc2c(c1)[C@H](C)C(=O)N2)c1ccc(Br)cc1. The van der Waals surface area contributed by atoms with Crippen LogP contribution in [0.4, 0.5) is 5.69 Å². The number of anilines is 1. The Morgan fingerprint density at radius 3 is 2.50 bits per heavy atom. The lowest BCUT2D eigenvalue weighted by Crippen LogP contribution is -2.27. The van der Waals surface area contributed by atoms with Crippen molar-refractivity contribution in [3.63, 3.8) is 0 Å². The fourth-order valence-corrected chi connectivity index (χ4v) is 4.21. The van der Waals surface area contributed by atoms with Gasteiger partial charge >= 0.3 is 0 Å². The van der Waals surface area contributed by atoms with Crippen LogP contribution in [0, 0.1) is 0 Å². The number of fused-ring (bicyclic) bond motifs is 1. The summed E-state index contributed by atoms with van der Waals surface area (Å²) in [5, 5.41) is 2.74. The van der Waals surface area contributed by atoms with E-state index in [4.69, 9.17) is 0 Å². The molecule has 0 unspecified atom stereocenters. The lowest BCUT2D eigenvalue weighted by Gasteiger charge is -2.15. The molecule has 7 heteroatoms. The molecule has 5 nitrogen and oxygen atoms in total. The van der Waals surface area contributed by atoms with Crippen LogP contribution in [0.2, 0.25) is 0 Å². The number of rotatable bonds is 4. The third-order valence-corrected chi connectivity index (χ3v) is 6.22. The molecule has 0 aliphatic carbocycles. The number of benzene rings is 2. The van der Waals surface area contributed by atoms with E-state index in [-0.39, 0.29) is 22.8 Å². The fraction of sp³-hybridized carbons (Fsp3) is 0.235. The van der Waals surface area contributed by atoms with E-state index in [1.165, 1.54) is 6.07 Å². The topological polar surface area (TPSA) is 75.3 Å². The Labute approximate surface area is 149 Å². The molecule has 0 fully saturated rings. The predicted octanol–water partition coefficient (Wildman–Crippen LogP) is 3.54. The van der Waals surface area contributed by atoms with Gasteiger partial charge in [0.25, 0.3) is 0 Å². The minimum absolute atomic E-state index is 0.115. The van der Waals surface area contributed by atoms with E-state index in [2.05, 4.69) is 26.0 Å². The minimum atomic E-state index is -3.68. The van der Waals surface area contributed by atoms with Gasteiger partial charge in [0.2, 0.25) is 15.9 Å². The van der Waals surface area contributed by atoms with Crippen LogP contribution in [-0.4, -0.2) is 14.3 Å². The summed E-state index contributed by atoms with van der Waals surface area (Å²) < 4.78 is 28.9. The van der Waals surface area contributed by atoms with Crippen molar-refractivity contribution in [3.8, 4) is 0 Å². The van der Waals surface area contributed by atoms with E-state index in [0.717, 1.165) is 10.0 Å². The summed E-state index contributed by atoms with van der Waals surface area (Å²) in [6, 6.07) is 11.8. The summed E-state index contributed by atoms with van der Waals surface area (Å²) in [6.45, 7) is 3.55. The second-order valence-electron chi connectivity index (χ2n) is 5.85. The largest absolute Gasteiger partial charge is 0.325 e. The second-order valence-corrected chi connectivity index (χ2v) is 8.48. The van der Waals surface area contributed by atoms with Crippen molar-refractivity contribution in [3.05, 3.63) is 58.1 Å². The Morgan fingerprint density at radius 2 is 1.83 bits per heavy atom. The third-order valence-electron chi connectivity index (χ3n) is 4.15. The van der Waals surface area contributed by atoms with Gasteiger partial charge in [-0.1, -0.05) is 28.1 Å². The first-order chi connectivity index (χ1) is 11.3. The molecule has 0 aromatic heterocycles. The summed E-state index contributed by atoms with van der Waals surface area (Å²) >= 11 is 3.36. The van der Waals surface area contributed by atoms with E-state index in [1.807, 2.05) is 24.3 Å². The van der Waals surface area contributed by atoms with Crippen LogP contribution in [-0.2, 0) is 14.8 Å². The smallest absolute Gasteiger partial charge is 0.241 e. The highest BCUT2D eigenvalue weighted by molar-refractivity contribution is 9.10. The number of nitrogens with one attached hydrogen (secondary N) is 2. The standard InChI is InChI=1S/C17H17BrN2O3S/c1-10-15-9-14(7-8-16(15)19-17(10)21)24(22,23)20-11(2)12-3-5-13(18)6-4-12/h3-11,20H,1-2H3,(H,19,21)/t10-,11-/m0/s1. The summed E-state index contributed by atoms with van der Waals surface area (Å²) in [5.41, 5.74) is 2.25. The van der Waals surface area contributed by atoms with E-state index in [1.54, 1.807) is 26.0 Å². The molecule has 2 aromatic carbocycles. The summed E-state index contributed by atoms with van der Waals surface area (Å²) in [6.07, 6.45) is 0. The van der Waals surface area contributed by atoms with E-state index in [9.17, 15) is 13.2 Å². The van der Waals surface area contributed by atoms with Gasteiger partial charge in [0.15, 0.2) is 0 Å². The molecule has 2 aromatic rings. The minimum Gasteiger partial charge on any atom is -0.325 e. The molecule has 0 bridgehead atoms. The Kier molecular flexibility index (Phi) is 4.50. The molecular formula is C17H17BrN2O3S. The molecule has 0 spiro atoms. The van der Waals surface area contributed by atoms with Gasteiger partial charge in [0, 0.05) is 16.2 Å². The quantitative estimate of drug-likeness (QED) is 0.811. The average molecular weight is 409 g/mol. The molecule has 3 rings (SSSR count). The molecule has 1 aliphatic rings. The average Bonchev–Trinajstić information content (AvgIpc) is 2.82. The van der Waals surface area contributed by atoms with Crippen LogP contribution >= 0.6 is 15.9 Å². The number of amides is 1. The van der Waals surface area contributed by atoms with Gasteiger partial charge in [0.05, 0.1) is 10.8 Å². The van der Waals surface area contributed by atoms with Crippen molar-refractivity contribution >= 4 is 37.5 Å². The maximum atomic E-state index is 12.6. The monoisotopic (exact) mass is 408 g/mol. The van der Waals surface area contributed by atoms with Gasteiger partial charge in [-0.2, -0.15) is 0 Å². The van der Waals surface area contributed by atoms with Gasteiger partial charge in [-0.3, -0.25) is 4.79 Å². The molecule has 0 saturated carbocycles. The number of sulfonamides is 1. The summed E-state index contributed by atoms with van der Waals surface area (Å²) in [4.78, 5) is 11.9. The molecule has 1 aliphatic heterocycles. The molecule has 2 N–H and O–H groups in total. The van der Waals surface area contributed by atoms with Crippen molar-refractivity contribution in [1.29, 1.82) is 0 Å². The first-order valence-corrected chi connectivity index (χ1v) is 9.78. The molecule has 0 saturated heterocycles. The van der Waals surface area contributed by atoms with Gasteiger partial charge in [-0.15, -0.1) is 0 Å². The van der Waals surface area contributed by atoms with Crippen LogP contribution in [0.15, 0.2) is 51.8 Å². The summed E-state index contributed by atoms with van der Waals surface area (Å²) in [5.74, 6) is -0.463. The van der Waals surface area contributed by atoms with Crippen molar-refractivity contribution in [2.45, 2.75) is 30.7 Å². The highest BCUT2D eigenvalue weighted by atomic mass is 79.9. The van der Waals surface area contributed by atoms with Gasteiger partial charge in [-0.25, -0.2) is 13.1 Å². The number of hydrogen-bond donors (Lipinski definition) is 2. The number of carbonyl (C=O) groups excluding carboxylic acids is 1. The Hall–Kier alpha value is -1.70. The van der Waals surface area contributed by atoms with Crippen molar-refractivity contribution < 1.29 is 13.2 Å². The Morgan fingerprint density at radius 1 is 1.17 bits per heavy atom. The fourth-order valence-electron chi connectivity index (χ4n) is 2.68. The van der Waals surface area contributed by atoms with Crippen molar-refractivity contribution in [1.82, 2.24) is 4.72 Å². The maximum Gasteiger partial charge on any atom is 0.241 e. The van der Waals surface area contributed by atoms with Gasteiger partial charge < -0.3 is 5.32 Å². The summed E-state index contributed by atoms with van der Waals surface area (Å²) in [7, 11) is -3.68. The molecule has 1 amide bonds. The Bertz CT molecular complexity index is 895. The van der Waals surface area contributed by atoms with Crippen LogP contribution < -0.4 is 10.0 Å². The second kappa shape index (κ2) is 6.31. The van der Waals surface area contributed by atoms with Crippen LogP contribution in [0.5, 0.6) is 0 Å². The van der Waals surface area contributed by atoms with E-state index < -0.39 is 10.0 Å². The van der Waals surface area contributed by atoms with E-state index in [0.29, 0.717) is 11.3 Å². The zero-order valence-electron chi connectivity index (χ0n) is 13.2. The highest BCUT2D eigenvalue weighted by Crippen LogP contribution is 2.34. The number of halogens is 1. The molecule has 126 valence electrons. The molecule has 1 heterocycles. The highest BCUT2D eigenvalue weighted by Gasteiger charge is 2.28.